The molecule has 0 saturated heterocycles. The van der Waals surface area contributed by atoms with Crippen LogP contribution in [0, 0.1) is 0 Å². The van der Waals surface area contributed by atoms with Gasteiger partial charge in [-0.1, -0.05) is 6.92 Å². The summed E-state index contributed by atoms with van der Waals surface area (Å²) in [6, 6.07) is 6.62. The molecule has 4 nitrogen and oxygen atoms in total. The van der Waals surface area contributed by atoms with Crippen molar-refractivity contribution in [1.29, 1.82) is 0 Å². The molecule has 1 aromatic heterocycles. The highest BCUT2D eigenvalue weighted by Crippen LogP contribution is 2.25. The Morgan fingerprint density at radius 1 is 1.35 bits per heavy atom. The number of likely N-dealkylation sites (N-methyl/N-ethyl adjacent to an activating group) is 1. The molecule has 2 aromatic rings. The Hall–Kier alpha value is -1.55. The maximum atomic E-state index is 5.69. The molecular weight excluding hydrogens is 250 g/mol. The van der Waals surface area contributed by atoms with Crippen molar-refractivity contribution in [2.24, 2.45) is 0 Å². The predicted molar refractivity (Wildman–Crippen MR) is 83.5 cm³/mol. The van der Waals surface area contributed by atoms with Gasteiger partial charge in [0.05, 0.1) is 17.6 Å². The summed E-state index contributed by atoms with van der Waals surface area (Å²) in [4.78, 5) is 4.78. The second-order valence-electron chi connectivity index (χ2n) is 5.34. The molecule has 0 aliphatic carbocycles. The van der Waals surface area contributed by atoms with Gasteiger partial charge in [0, 0.05) is 25.1 Å². The number of hydrogen-bond donors (Lipinski definition) is 1. The lowest BCUT2D eigenvalue weighted by molar-refractivity contribution is 0.318. The molecule has 0 amide bonds. The first-order valence-corrected chi connectivity index (χ1v) is 7.45. The van der Waals surface area contributed by atoms with Crippen molar-refractivity contribution in [3.63, 3.8) is 0 Å². The van der Waals surface area contributed by atoms with Gasteiger partial charge < -0.3 is 14.6 Å². The summed E-state index contributed by atoms with van der Waals surface area (Å²) in [5.74, 6) is 2.05. The predicted octanol–water partition coefficient (Wildman–Crippen LogP) is 3.17. The summed E-state index contributed by atoms with van der Waals surface area (Å²) in [5, 5.41) is 3.19. The number of hydrogen-bond acceptors (Lipinski definition) is 3. The molecule has 1 N–H and O–H groups in total. The zero-order valence-electron chi connectivity index (χ0n) is 12.9. The quantitative estimate of drug-likeness (QED) is 0.843. The smallest absolute Gasteiger partial charge is 0.121 e. The molecule has 0 aliphatic rings. The van der Waals surface area contributed by atoms with Crippen LogP contribution in [0.15, 0.2) is 18.2 Å². The number of imidazole rings is 1. The summed E-state index contributed by atoms with van der Waals surface area (Å²) in [5.41, 5.74) is 2.22. The van der Waals surface area contributed by atoms with Gasteiger partial charge in [-0.05, 0) is 39.4 Å². The normalized spacial score (nSPS) is 11.4. The van der Waals surface area contributed by atoms with Crippen molar-refractivity contribution < 1.29 is 4.74 Å². The van der Waals surface area contributed by atoms with Gasteiger partial charge in [0.1, 0.15) is 11.6 Å². The van der Waals surface area contributed by atoms with Crippen molar-refractivity contribution in [3.05, 3.63) is 24.0 Å². The van der Waals surface area contributed by atoms with Crippen LogP contribution in [0.1, 0.15) is 39.1 Å². The summed E-state index contributed by atoms with van der Waals surface area (Å²) in [7, 11) is 1.97. The van der Waals surface area contributed by atoms with Crippen molar-refractivity contribution in [2.75, 3.05) is 20.2 Å². The average Bonchev–Trinajstić information content (AvgIpc) is 2.80. The lowest BCUT2D eigenvalue weighted by Gasteiger charge is -2.13. The van der Waals surface area contributed by atoms with Crippen LogP contribution in [0.5, 0.6) is 5.75 Å². The largest absolute Gasteiger partial charge is 0.494 e. The highest BCUT2D eigenvalue weighted by molar-refractivity contribution is 5.78. The summed E-state index contributed by atoms with van der Waals surface area (Å²) < 4.78 is 8.01. The van der Waals surface area contributed by atoms with E-state index in [2.05, 4.69) is 36.7 Å². The monoisotopic (exact) mass is 275 g/mol. The van der Waals surface area contributed by atoms with Crippen molar-refractivity contribution in [1.82, 2.24) is 14.9 Å². The Kier molecular flexibility index (Phi) is 5.01. The molecule has 0 unspecified atom stereocenters. The van der Waals surface area contributed by atoms with Crippen molar-refractivity contribution in [2.45, 2.75) is 39.7 Å². The first-order chi connectivity index (χ1) is 9.67. The topological polar surface area (TPSA) is 39.1 Å². The van der Waals surface area contributed by atoms with E-state index in [1.54, 1.807) is 0 Å². The Morgan fingerprint density at radius 2 is 2.15 bits per heavy atom. The van der Waals surface area contributed by atoms with Crippen LogP contribution in [-0.2, 0) is 6.42 Å². The number of benzene rings is 1. The molecule has 0 atom stereocenters. The summed E-state index contributed by atoms with van der Waals surface area (Å²) >= 11 is 0. The van der Waals surface area contributed by atoms with Gasteiger partial charge in [0.2, 0.25) is 0 Å². The van der Waals surface area contributed by atoms with Crippen LogP contribution in [0.3, 0.4) is 0 Å². The highest BCUT2D eigenvalue weighted by atomic mass is 16.5. The van der Waals surface area contributed by atoms with Crippen molar-refractivity contribution in [3.8, 4) is 5.75 Å². The molecule has 1 heterocycles. The van der Waals surface area contributed by atoms with E-state index in [1.807, 2.05) is 19.2 Å². The van der Waals surface area contributed by atoms with Gasteiger partial charge in [-0.2, -0.15) is 0 Å². The molecule has 0 aliphatic heterocycles. The maximum absolute atomic E-state index is 5.69. The number of nitrogens with zero attached hydrogens (tertiary/aromatic N) is 2. The van der Waals surface area contributed by atoms with Crippen LogP contribution in [0.4, 0.5) is 0 Å². The Bertz CT molecular complexity index is 560. The summed E-state index contributed by atoms with van der Waals surface area (Å²) in [6.07, 6.45) is 1.96. The first-order valence-electron chi connectivity index (χ1n) is 7.45. The van der Waals surface area contributed by atoms with Gasteiger partial charge in [0.25, 0.3) is 0 Å². The van der Waals surface area contributed by atoms with Crippen LogP contribution in [-0.4, -0.2) is 29.8 Å². The van der Waals surface area contributed by atoms with Crippen molar-refractivity contribution >= 4 is 11.0 Å². The van der Waals surface area contributed by atoms with Crippen LogP contribution >= 0.6 is 0 Å². The van der Waals surface area contributed by atoms with E-state index in [1.165, 1.54) is 5.52 Å². The van der Waals surface area contributed by atoms with Gasteiger partial charge in [0.15, 0.2) is 0 Å². The van der Waals surface area contributed by atoms with E-state index >= 15 is 0 Å². The Balaban J connectivity index is 2.38. The molecule has 110 valence electrons. The zero-order chi connectivity index (χ0) is 14.5. The fraction of sp³-hybridized carbons (Fsp3) is 0.562. The van der Waals surface area contributed by atoms with Crippen LogP contribution < -0.4 is 10.1 Å². The second kappa shape index (κ2) is 6.75. The lowest BCUT2D eigenvalue weighted by Crippen LogP contribution is -2.15. The lowest BCUT2D eigenvalue weighted by atomic mass is 10.2. The fourth-order valence-electron chi connectivity index (χ4n) is 2.43. The molecule has 0 bridgehead atoms. The molecule has 2 rings (SSSR count). The SMILES string of the molecule is CCCOc1ccc2c(c1)nc(CCNC)n2C(C)C. The maximum Gasteiger partial charge on any atom is 0.121 e. The molecule has 1 aromatic carbocycles. The Labute approximate surface area is 121 Å². The van der Waals surface area contributed by atoms with E-state index in [4.69, 9.17) is 9.72 Å². The number of aromatic nitrogens is 2. The minimum absolute atomic E-state index is 0.411. The number of nitrogens with one attached hydrogen (secondary N) is 1. The molecule has 0 saturated carbocycles. The molecule has 0 spiro atoms. The van der Waals surface area contributed by atoms with E-state index < -0.39 is 0 Å². The molecule has 0 fully saturated rings. The number of ether oxygens (including phenoxy) is 1. The first kappa shape index (κ1) is 14.9. The molecular formula is C16H25N3O. The minimum atomic E-state index is 0.411. The fourth-order valence-corrected chi connectivity index (χ4v) is 2.43. The van der Waals surface area contributed by atoms with E-state index in [-0.39, 0.29) is 0 Å². The number of fused-ring (bicyclic) bond motifs is 1. The number of rotatable bonds is 7. The average molecular weight is 275 g/mol. The molecule has 0 radical (unpaired) electrons. The Morgan fingerprint density at radius 3 is 2.80 bits per heavy atom. The van der Waals surface area contributed by atoms with Crippen LogP contribution in [0.2, 0.25) is 0 Å². The molecule has 4 heteroatoms. The van der Waals surface area contributed by atoms with E-state index in [0.717, 1.165) is 43.1 Å². The third kappa shape index (κ3) is 3.12. The van der Waals surface area contributed by atoms with Gasteiger partial charge >= 0.3 is 0 Å². The third-order valence-electron chi connectivity index (χ3n) is 3.32. The van der Waals surface area contributed by atoms with Gasteiger partial charge in [-0.15, -0.1) is 0 Å². The molecule has 20 heavy (non-hydrogen) atoms. The second-order valence-corrected chi connectivity index (χ2v) is 5.34. The van der Waals surface area contributed by atoms with Crippen LogP contribution in [0.25, 0.3) is 11.0 Å². The third-order valence-corrected chi connectivity index (χ3v) is 3.32. The highest BCUT2D eigenvalue weighted by Gasteiger charge is 2.13. The zero-order valence-corrected chi connectivity index (χ0v) is 12.9. The van der Waals surface area contributed by atoms with Gasteiger partial charge in [-0.3, -0.25) is 0 Å². The minimum Gasteiger partial charge on any atom is -0.494 e. The standard InChI is InChI=1S/C16H25N3O/c1-5-10-20-13-6-7-15-14(11-13)18-16(8-9-17-4)19(15)12(2)3/h6-7,11-12,17H,5,8-10H2,1-4H3. The van der Waals surface area contributed by atoms with E-state index in [0.29, 0.717) is 6.04 Å². The van der Waals surface area contributed by atoms with Gasteiger partial charge in [-0.25, -0.2) is 4.98 Å². The summed E-state index contributed by atoms with van der Waals surface area (Å²) in [6.45, 7) is 8.21. The van der Waals surface area contributed by atoms with E-state index in [9.17, 15) is 0 Å².